The molecule has 0 aliphatic rings. The molecule has 21 heavy (non-hydrogen) atoms. The molecule has 5 heteroatoms. The molecule has 0 saturated heterocycles. The average molecular weight is 281 g/mol. The standard InChI is InChI=1S/C16H12FN3O/c17-14-7-6-13(10-19-14)16(21)20-9-12-4-1-3-11-5-2-8-18-15(11)12/h1-8,10H,9H2,(H,20,21). The zero-order valence-corrected chi connectivity index (χ0v) is 11.1. The van der Waals surface area contributed by atoms with Crippen LogP contribution < -0.4 is 5.32 Å². The van der Waals surface area contributed by atoms with Crippen LogP contribution in [-0.2, 0) is 6.54 Å². The SMILES string of the molecule is O=C(NCc1cccc2cccnc12)c1ccc(F)nc1. The highest BCUT2D eigenvalue weighted by atomic mass is 19.1. The Labute approximate surface area is 120 Å². The van der Waals surface area contributed by atoms with Gasteiger partial charge in [0.05, 0.1) is 11.1 Å². The monoisotopic (exact) mass is 281 g/mol. The van der Waals surface area contributed by atoms with E-state index in [1.54, 1.807) is 6.20 Å². The molecule has 0 saturated carbocycles. The summed E-state index contributed by atoms with van der Waals surface area (Å²) in [6, 6.07) is 12.2. The minimum absolute atomic E-state index is 0.296. The van der Waals surface area contributed by atoms with Crippen LogP contribution >= 0.6 is 0 Å². The van der Waals surface area contributed by atoms with Crippen LogP contribution in [-0.4, -0.2) is 15.9 Å². The molecule has 0 aliphatic carbocycles. The number of hydrogen-bond donors (Lipinski definition) is 1. The largest absolute Gasteiger partial charge is 0.348 e. The van der Waals surface area contributed by atoms with Gasteiger partial charge in [-0.25, -0.2) is 4.98 Å². The summed E-state index contributed by atoms with van der Waals surface area (Å²) in [4.78, 5) is 19.8. The number of nitrogens with one attached hydrogen (secondary N) is 1. The lowest BCUT2D eigenvalue weighted by molar-refractivity contribution is 0.0950. The number of hydrogen-bond acceptors (Lipinski definition) is 3. The van der Waals surface area contributed by atoms with Gasteiger partial charge < -0.3 is 5.32 Å². The molecule has 0 fully saturated rings. The van der Waals surface area contributed by atoms with Gasteiger partial charge in [-0.1, -0.05) is 24.3 Å². The average Bonchev–Trinajstić information content (AvgIpc) is 2.53. The number of carbonyl (C=O) groups is 1. The third-order valence-corrected chi connectivity index (χ3v) is 3.15. The Morgan fingerprint density at radius 1 is 1.10 bits per heavy atom. The molecule has 2 heterocycles. The maximum Gasteiger partial charge on any atom is 0.253 e. The van der Waals surface area contributed by atoms with Crippen molar-refractivity contribution in [3.63, 3.8) is 0 Å². The summed E-state index contributed by atoms with van der Waals surface area (Å²) in [7, 11) is 0. The van der Waals surface area contributed by atoms with Gasteiger partial charge in [0, 0.05) is 24.3 Å². The maximum atomic E-state index is 12.7. The first-order valence-corrected chi connectivity index (χ1v) is 6.46. The molecule has 4 nitrogen and oxygen atoms in total. The van der Waals surface area contributed by atoms with E-state index in [9.17, 15) is 9.18 Å². The molecule has 3 rings (SSSR count). The Bertz CT molecular complexity index is 782. The number of carbonyl (C=O) groups excluding carboxylic acids is 1. The van der Waals surface area contributed by atoms with Gasteiger partial charge >= 0.3 is 0 Å². The molecule has 0 spiro atoms. The summed E-state index contributed by atoms with van der Waals surface area (Å²) in [6.07, 6.45) is 2.93. The third kappa shape index (κ3) is 2.86. The van der Waals surface area contributed by atoms with Crippen molar-refractivity contribution < 1.29 is 9.18 Å². The van der Waals surface area contributed by atoms with E-state index in [0.717, 1.165) is 22.5 Å². The van der Waals surface area contributed by atoms with Crippen molar-refractivity contribution in [3.8, 4) is 0 Å². The number of fused-ring (bicyclic) bond motifs is 1. The molecule has 1 aromatic carbocycles. The summed E-state index contributed by atoms with van der Waals surface area (Å²) in [5.41, 5.74) is 2.11. The first-order chi connectivity index (χ1) is 10.2. The second-order valence-corrected chi connectivity index (χ2v) is 4.54. The lowest BCUT2D eigenvalue weighted by Gasteiger charge is -2.07. The van der Waals surface area contributed by atoms with E-state index < -0.39 is 5.95 Å². The summed E-state index contributed by atoms with van der Waals surface area (Å²) in [5, 5.41) is 3.81. The van der Waals surface area contributed by atoms with E-state index in [1.807, 2.05) is 30.3 Å². The smallest absolute Gasteiger partial charge is 0.253 e. The number of benzene rings is 1. The minimum atomic E-state index is -0.607. The molecule has 0 aliphatic heterocycles. The minimum Gasteiger partial charge on any atom is -0.348 e. The zero-order chi connectivity index (χ0) is 14.7. The number of nitrogens with zero attached hydrogens (tertiary/aromatic N) is 2. The quantitative estimate of drug-likeness (QED) is 0.751. The van der Waals surface area contributed by atoms with Crippen LogP contribution in [0.15, 0.2) is 54.9 Å². The van der Waals surface area contributed by atoms with Crippen molar-refractivity contribution in [1.29, 1.82) is 0 Å². The van der Waals surface area contributed by atoms with Crippen LogP contribution in [0.25, 0.3) is 10.9 Å². The van der Waals surface area contributed by atoms with Gasteiger partial charge in [0.1, 0.15) is 0 Å². The van der Waals surface area contributed by atoms with Gasteiger partial charge in [-0.3, -0.25) is 9.78 Å². The van der Waals surface area contributed by atoms with Gasteiger partial charge in [0.15, 0.2) is 0 Å². The number of amides is 1. The summed E-state index contributed by atoms with van der Waals surface area (Å²) >= 11 is 0. The van der Waals surface area contributed by atoms with E-state index in [-0.39, 0.29) is 5.91 Å². The van der Waals surface area contributed by atoms with Crippen molar-refractivity contribution in [3.05, 3.63) is 71.9 Å². The number of para-hydroxylation sites is 1. The molecule has 3 aromatic rings. The molecule has 1 amide bonds. The Hall–Kier alpha value is -2.82. The Morgan fingerprint density at radius 3 is 2.76 bits per heavy atom. The predicted molar refractivity (Wildman–Crippen MR) is 77.1 cm³/mol. The number of aromatic nitrogens is 2. The molecule has 104 valence electrons. The van der Waals surface area contributed by atoms with Crippen LogP contribution in [0.4, 0.5) is 4.39 Å². The molecule has 0 bridgehead atoms. The maximum absolute atomic E-state index is 12.7. The highest BCUT2D eigenvalue weighted by Gasteiger charge is 2.07. The van der Waals surface area contributed by atoms with E-state index in [0.29, 0.717) is 12.1 Å². The molecule has 1 N–H and O–H groups in total. The number of pyridine rings is 2. The highest BCUT2D eigenvalue weighted by Crippen LogP contribution is 2.15. The lowest BCUT2D eigenvalue weighted by atomic mass is 10.1. The Morgan fingerprint density at radius 2 is 1.95 bits per heavy atom. The number of halogens is 1. The van der Waals surface area contributed by atoms with Gasteiger partial charge in [0.25, 0.3) is 5.91 Å². The molecule has 0 unspecified atom stereocenters. The van der Waals surface area contributed by atoms with E-state index >= 15 is 0 Å². The third-order valence-electron chi connectivity index (χ3n) is 3.15. The molecular weight excluding hydrogens is 269 g/mol. The fraction of sp³-hybridized carbons (Fsp3) is 0.0625. The van der Waals surface area contributed by atoms with Crippen LogP contribution in [0, 0.1) is 5.95 Å². The Balaban J connectivity index is 1.77. The van der Waals surface area contributed by atoms with Crippen molar-refractivity contribution in [2.75, 3.05) is 0 Å². The second-order valence-electron chi connectivity index (χ2n) is 4.54. The van der Waals surface area contributed by atoms with Crippen LogP contribution in [0.1, 0.15) is 15.9 Å². The van der Waals surface area contributed by atoms with Gasteiger partial charge in [0.2, 0.25) is 5.95 Å². The molecule has 0 radical (unpaired) electrons. The van der Waals surface area contributed by atoms with Gasteiger partial charge in [-0.15, -0.1) is 0 Å². The van der Waals surface area contributed by atoms with Crippen molar-refractivity contribution in [2.24, 2.45) is 0 Å². The first-order valence-electron chi connectivity index (χ1n) is 6.46. The topological polar surface area (TPSA) is 54.9 Å². The van der Waals surface area contributed by atoms with Crippen LogP contribution in [0.5, 0.6) is 0 Å². The molecule has 2 aromatic heterocycles. The zero-order valence-electron chi connectivity index (χ0n) is 11.1. The fourth-order valence-electron chi connectivity index (χ4n) is 2.10. The summed E-state index contributed by atoms with van der Waals surface area (Å²) in [5.74, 6) is -0.903. The highest BCUT2D eigenvalue weighted by molar-refractivity contribution is 5.94. The second kappa shape index (κ2) is 5.66. The fourth-order valence-corrected chi connectivity index (χ4v) is 2.10. The van der Waals surface area contributed by atoms with E-state index in [2.05, 4.69) is 15.3 Å². The van der Waals surface area contributed by atoms with Crippen LogP contribution in [0.2, 0.25) is 0 Å². The van der Waals surface area contributed by atoms with Crippen molar-refractivity contribution in [2.45, 2.75) is 6.54 Å². The lowest BCUT2D eigenvalue weighted by Crippen LogP contribution is -2.23. The van der Waals surface area contributed by atoms with Crippen molar-refractivity contribution in [1.82, 2.24) is 15.3 Å². The summed E-state index contributed by atoms with van der Waals surface area (Å²) < 4.78 is 12.7. The van der Waals surface area contributed by atoms with Crippen LogP contribution in [0.3, 0.4) is 0 Å². The van der Waals surface area contributed by atoms with Gasteiger partial charge in [-0.05, 0) is 23.8 Å². The Kier molecular flexibility index (Phi) is 3.55. The normalized spacial score (nSPS) is 10.5. The van der Waals surface area contributed by atoms with E-state index in [1.165, 1.54) is 12.3 Å². The first kappa shape index (κ1) is 13.2. The molecular formula is C16H12FN3O. The molecule has 0 atom stereocenters. The number of rotatable bonds is 3. The van der Waals surface area contributed by atoms with Crippen molar-refractivity contribution >= 4 is 16.8 Å². The summed E-state index contributed by atoms with van der Waals surface area (Å²) in [6.45, 7) is 0.352. The van der Waals surface area contributed by atoms with E-state index in [4.69, 9.17) is 0 Å². The predicted octanol–water partition coefficient (Wildman–Crippen LogP) is 2.70. The van der Waals surface area contributed by atoms with Gasteiger partial charge in [-0.2, -0.15) is 4.39 Å².